The van der Waals surface area contributed by atoms with Gasteiger partial charge in [-0.2, -0.15) is 0 Å². The summed E-state index contributed by atoms with van der Waals surface area (Å²) in [6, 6.07) is 11.5. The van der Waals surface area contributed by atoms with Crippen LogP contribution in [0.3, 0.4) is 0 Å². The minimum absolute atomic E-state index is 0.000466. The Hall–Kier alpha value is -2.45. The Morgan fingerprint density at radius 3 is 2.84 bits per heavy atom. The molecule has 0 aliphatic rings. The van der Waals surface area contributed by atoms with E-state index in [1.54, 1.807) is 4.57 Å². The Balaban J connectivity index is 1.59. The largest absolute Gasteiger partial charge is 0.420 e. The summed E-state index contributed by atoms with van der Waals surface area (Å²) >= 11 is 2.85. The number of aromatic nitrogens is 4. The predicted octanol–water partition coefficient (Wildman–Crippen LogP) is 3.82. The molecule has 3 heterocycles. The maximum atomic E-state index is 12.5. The minimum Gasteiger partial charge on any atom is -0.420 e. The molecule has 0 bridgehead atoms. The van der Waals surface area contributed by atoms with E-state index in [-0.39, 0.29) is 5.56 Å². The molecule has 0 saturated carbocycles. The lowest BCUT2D eigenvalue weighted by atomic mass is 10.2. The molecule has 0 aliphatic carbocycles. The van der Waals surface area contributed by atoms with Crippen LogP contribution >= 0.6 is 23.1 Å². The summed E-state index contributed by atoms with van der Waals surface area (Å²) in [5.41, 5.74) is 1.62. The van der Waals surface area contributed by atoms with E-state index in [1.807, 2.05) is 48.7 Å². The molecule has 8 heteroatoms. The van der Waals surface area contributed by atoms with Gasteiger partial charge in [-0.25, -0.2) is 4.98 Å². The first kappa shape index (κ1) is 16.0. The van der Waals surface area contributed by atoms with Gasteiger partial charge in [0.1, 0.15) is 4.70 Å². The van der Waals surface area contributed by atoms with Crippen molar-refractivity contribution in [2.75, 3.05) is 0 Å². The molecule has 4 rings (SSSR count). The van der Waals surface area contributed by atoms with Crippen LogP contribution in [0.2, 0.25) is 0 Å². The highest BCUT2D eigenvalue weighted by Gasteiger charge is 2.14. The number of nitrogens with zero attached hydrogens (tertiary/aromatic N) is 4. The van der Waals surface area contributed by atoms with E-state index >= 15 is 0 Å². The number of thioether (sulfide) groups is 1. The second-order valence-electron chi connectivity index (χ2n) is 5.23. The Morgan fingerprint density at radius 2 is 2.04 bits per heavy atom. The SMILES string of the molecule is CCn1c(SCc2nnc(-c3ccccc3)o2)nc2ccsc2c1=O. The van der Waals surface area contributed by atoms with Crippen LogP contribution < -0.4 is 5.56 Å². The molecular weight excluding hydrogens is 356 g/mol. The normalized spacial score (nSPS) is 11.2. The van der Waals surface area contributed by atoms with Gasteiger partial charge < -0.3 is 4.42 Å². The van der Waals surface area contributed by atoms with Crippen LogP contribution in [0.15, 0.2) is 56.1 Å². The van der Waals surface area contributed by atoms with Crippen molar-refractivity contribution < 1.29 is 4.42 Å². The van der Waals surface area contributed by atoms with Gasteiger partial charge in [0.2, 0.25) is 11.8 Å². The summed E-state index contributed by atoms with van der Waals surface area (Å²) in [4.78, 5) is 17.1. The first-order valence-electron chi connectivity index (χ1n) is 7.75. The second-order valence-corrected chi connectivity index (χ2v) is 7.09. The Kier molecular flexibility index (Phi) is 4.37. The van der Waals surface area contributed by atoms with Crippen LogP contribution in [0.25, 0.3) is 21.7 Å². The van der Waals surface area contributed by atoms with E-state index in [1.165, 1.54) is 23.1 Å². The van der Waals surface area contributed by atoms with E-state index in [9.17, 15) is 4.79 Å². The zero-order valence-electron chi connectivity index (χ0n) is 13.4. The van der Waals surface area contributed by atoms with E-state index in [0.717, 1.165) is 11.1 Å². The highest BCUT2D eigenvalue weighted by atomic mass is 32.2. The summed E-state index contributed by atoms with van der Waals surface area (Å²) in [6.45, 7) is 2.51. The Morgan fingerprint density at radius 1 is 1.20 bits per heavy atom. The molecule has 0 aliphatic heterocycles. The molecule has 0 radical (unpaired) electrons. The van der Waals surface area contributed by atoms with Crippen molar-refractivity contribution in [3.05, 3.63) is 58.0 Å². The van der Waals surface area contributed by atoms with Gasteiger partial charge in [0, 0.05) is 12.1 Å². The van der Waals surface area contributed by atoms with E-state index < -0.39 is 0 Å². The molecule has 0 unspecified atom stereocenters. The average molecular weight is 370 g/mol. The summed E-state index contributed by atoms with van der Waals surface area (Å²) < 4.78 is 8.08. The number of hydrogen-bond acceptors (Lipinski definition) is 7. The summed E-state index contributed by atoms with van der Waals surface area (Å²) in [5.74, 6) is 1.46. The van der Waals surface area contributed by atoms with Gasteiger partial charge >= 0.3 is 0 Å². The van der Waals surface area contributed by atoms with Crippen molar-refractivity contribution in [1.29, 1.82) is 0 Å². The van der Waals surface area contributed by atoms with E-state index in [4.69, 9.17) is 4.42 Å². The molecule has 0 saturated heterocycles. The van der Waals surface area contributed by atoms with Crippen LogP contribution in [0, 0.1) is 0 Å². The number of fused-ring (bicyclic) bond motifs is 1. The van der Waals surface area contributed by atoms with Gasteiger partial charge in [0.25, 0.3) is 5.56 Å². The fourth-order valence-corrected chi connectivity index (χ4v) is 4.13. The predicted molar refractivity (Wildman–Crippen MR) is 98.8 cm³/mol. The van der Waals surface area contributed by atoms with E-state index in [0.29, 0.717) is 33.9 Å². The summed E-state index contributed by atoms with van der Waals surface area (Å²) in [5, 5.41) is 10.7. The minimum atomic E-state index is 0.000466. The molecule has 126 valence electrons. The maximum absolute atomic E-state index is 12.5. The second kappa shape index (κ2) is 6.81. The zero-order valence-corrected chi connectivity index (χ0v) is 15.0. The molecule has 0 spiro atoms. The van der Waals surface area contributed by atoms with Gasteiger partial charge in [-0.3, -0.25) is 9.36 Å². The third-order valence-corrected chi connectivity index (χ3v) is 5.51. The number of thiophene rings is 1. The third-order valence-electron chi connectivity index (χ3n) is 3.66. The summed E-state index contributed by atoms with van der Waals surface area (Å²) in [6.07, 6.45) is 0. The number of rotatable bonds is 5. The molecule has 25 heavy (non-hydrogen) atoms. The quantitative estimate of drug-likeness (QED) is 0.393. The molecule has 0 amide bonds. The maximum Gasteiger partial charge on any atom is 0.272 e. The molecule has 1 aromatic carbocycles. The number of hydrogen-bond donors (Lipinski definition) is 0. The Labute approximate surface area is 151 Å². The van der Waals surface area contributed by atoms with Gasteiger partial charge in [-0.15, -0.1) is 21.5 Å². The molecular formula is C17H14N4O2S2. The summed E-state index contributed by atoms with van der Waals surface area (Å²) in [7, 11) is 0. The molecule has 6 nitrogen and oxygen atoms in total. The topological polar surface area (TPSA) is 73.8 Å². The smallest absolute Gasteiger partial charge is 0.272 e. The van der Waals surface area contributed by atoms with Crippen molar-refractivity contribution in [3.8, 4) is 11.5 Å². The van der Waals surface area contributed by atoms with E-state index in [2.05, 4.69) is 15.2 Å². The first-order chi connectivity index (χ1) is 12.3. The van der Waals surface area contributed by atoms with Crippen molar-refractivity contribution in [2.45, 2.75) is 24.4 Å². The standard InChI is InChI=1S/C17H14N4O2S2/c1-2-21-16(22)14-12(8-9-24-14)18-17(21)25-10-13-19-20-15(23-13)11-6-4-3-5-7-11/h3-9H,2,10H2,1H3. The molecule has 4 aromatic rings. The molecule has 3 aromatic heterocycles. The molecule has 0 atom stereocenters. The molecule has 0 fully saturated rings. The van der Waals surface area contributed by atoms with Crippen LogP contribution in [-0.4, -0.2) is 19.7 Å². The highest BCUT2D eigenvalue weighted by molar-refractivity contribution is 7.98. The monoisotopic (exact) mass is 370 g/mol. The van der Waals surface area contributed by atoms with Gasteiger partial charge in [-0.05, 0) is 30.5 Å². The van der Waals surface area contributed by atoms with Crippen molar-refractivity contribution in [2.24, 2.45) is 0 Å². The fraction of sp³-hybridized carbons (Fsp3) is 0.176. The lowest BCUT2D eigenvalue weighted by Crippen LogP contribution is -2.21. The van der Waals surface area contributed by atoms with Crippen LogP contribution in [0.1, 0.15) is 12.8 Å². The molecule has 0 N–H and O–H groups in total. The Bertz CT molecular complexity index is 1070. The van der Waals surface area contributed by atoms with Crippen molar-refractivity contribution in [3.63, 3.8) is 0 Å². The van der Waals surface area contributed by atoms with Gasteiger partial charge in [0.05, 0.1) is 11.3 Å². The van der Waals surface area contributed by atoms with Crippen molar-refractivity contribution >= 4 is 33.3 Å². The van der Waals surface area contributed by atoms with Gasteiger partial charge in [-0.1, -0.05) is 30.0 Å². The first-order valence-corrected chi connectivity index (χ1v) is 9.61. The van der Waals surface area contributed by atoms with Gasteiger partial charge in [0.15, 0.2) is 5.16 Å². The number of benzene rings is 1. The fourth-order valence-electron chi connectivity index (χ4n) is 2.45. The van der Waals surface area contributed by atoms with Crippen LogP contribution in [-0.2, 0) is 12.3 Å². The lowest BCUT2D eigenvalue weighted by molar-refractivity contribution is 0.527. The van der Waals surface area contributed by atoms with Crippen molar-refractivity contribution in [1.82, 2.24) is 19.7 Å². The average Bonchev–Trinajstić information content (AvgIpc) is 3.30. The third kappa shape index (κ3) is 3.10. The van der Waals surface area contributed by atoms with Crippen LogP contribution in [0.4, 0.5) is 0 Å². The zero-order chi connectivity index (χ0) is 17.2. The highest BCUT2D eigenvalue weighted by Crippen LogP contribution is 2.25. The van der Waals surface area contributed by atoms with Crippen LogP contribution in [0.5, 0.6) is 0 Å². The lowest BCUT2D eigenvalue weighted by Gasteiger charge is -2.08.